The van der Waals surface area contributed by atoms with Crippen LogP contribution in [0.2, 0.25) is 0 Å². The van der Waals surface area contributed by atoms with Crippen LogP contribution in [-0.4, -0.2) is 17.3 Å². The Labute approximate surface area is 103 Å². The van der Waals surface area contributed by atoms with Crippen molar-refractivity contribution in [1.29, 1.82) is 0 Å². The number of hydrogen-bond acceptors (Lipinski definition) is 4. The molecule has 0 aliphatic rings. The summed E-state index contributed by atoms with van der Waals surface area (Å²) in [6, 6.07) is 3.80. The maximum atomic E-state index is 12.0. The second kappa shape index (κ2) is 4.45. The summed E-state index contributed by atoms with van der Waals surface area (Å²) >= 11 is 1.11. The summed E-state index contributed by atoms with van der Waals surface area (Å²) in [5, 5.41) is 0.460. The lowest BCUT2D eigenvalue weighted by atomic mass is 10.3. The molecular weight excluding hydrogens is 269 g/mol. The van der Waals surface area contributed by atoms with Crippen molar-refractivity contribution in [2.45, 2.75) is 12.8 Å². The summed E-state index contributed by atoms with van der Waals surface area (Å²) in [6.07, 6.45) is -4.76. The van der Waals surface area contributed by atoms with Gasteiger partial charge in [-0.15, -0.1) is 24.5 Å². The summed E-state index contributed by atoms with van der Waals surface area (Å²) in [7, 11) is 0. The van der Waals surface area contributed by atoms with Gasteiger partial charge in [0, 0.05) is 0 Å². The van der Waals surface area contributed by atoms with Crippen molar-refractivity contribution in [2.24, 2.45) is 5.73 Å². The zero-order valence-corrected chi connectivity index (χ0v) is 9.64. The van der Waals surface area contributed by atoms with Gasteiger partial charge in [0.1, 0.15) is 10.8 Å². The van der Waals surface area contributed by atoms with Crippen molar-refractivity contribution in [3.63, 3.8) is 0 Å². The van der Waals surface area contributed by atoms with E-state index in [-0.39, 0.29) is 12.2 Å². The van der Waals surface area contributed by atoms with Crippen LogP contribution in [0.25, 0.3) is 10.2 Å². The van der Waals surface area contributed by atoms with Crippen molar-refractivity contribution >= 4 is 27.5 Å². The Morgan fingerprint density at radius 2 is 2.17 bits per heavy atom. The van der Waals surface area contributed by atoms with E-state index in [0.717, 1.165) is 11.3 Å². The number of ether oxygens (including phenoxy) is 1. The molecule has 0 aliphatic heterocycles. The summed E-state index contributed by atoms with van der Waals surface area (Å²) in [5.41, 5.74) is 5.52. The van der Waals surface area contributed by atoms with E-state index in [9.17, 15) is 18.0 Å². The Bertz CT molecular complexity index is 594. The molecule has 0 bridgehead atoms. The fourth-order valence-electron chi connectivity index (χ4n) is 1.37. The van der Waals surface area contributed by atoms with Gasteiger partial charge in [0.15, 0.2) is 0 Å². The first kappa shape index (κ1) is 12.6. The zero-order valence-electron chi connectivity index (χ0n) is 8.82. The Kier molecular flexibility index (Phi) is 3.12. The van der Waals surface area contributed by atoms with Gasteiger partial charge in [-0.1, -0.05) is 0 Å². The number of nitrogens with zero attached hydrogens (tertiary/aromatic N) is 1. The lowest BCUT2D eigenvalue weighted by molar-refractivity contribution is -0.274. The minimum atomic E-state index is -4.73. The molecule has 0 aliphatic carbocycles. The molecule has 0 atom stereocenters. The Morgan fingerprint density at radius 1 is 1.44 bits per heavy atom. The van der Waals surface area contributed by atoms with Crippen molar-refractivity contribution < 1.29 is 22.7 Å². The lowest BCUT2D eigenvalue weighted by Crippen LogP contribution is -2.16. The quantitative estimate of drug-likeness (QED) is 0.934. The number of thiazole rings is 1. The number of carbonyl (C=O) groups excluding carboxylic acids is 1. The number of amides is 1. The van der Waals surface area contributed by atoms with Crippen LogP contribution in [0.3, 0.4) is 0 Å². The number of rotatable bonds is 3. The minimum Gasteiger partial charge on any atom is -0.406 e. The molecule has 0 saturated carbocycles. The number of alkyl halides is 3. The Hall–Kier alpha value is -1.83. The highest BCUT2D eigenvalue weighted by Crippen LogP contribution is 2.29. The van der Waals surface area contributed by atoms with E-state index < -0.39 is 12.3 Å². The molecule has 0 spiro atoms. The molecule has 1 aromatic heterocycles. The van der Waals surface area contributed by atoms with E-state index in [1.54, 1.807) is 0 Å². The Morgan fingerprint density at radius 3 is 2.78 bits per heavy atom. The highest BCUT2D eigenvalue weighted by atomic mass is 32.1. The Balaban J connectivity index is 2.30. The molecule has 2 N–H and O–H groups in total. The first-order valence-corrected chi connectivity index (χ1v) is 5.59. The topological polar surface area (TPSA) is 65.2 Å². The van der Waals surface area contributed by atoms with Crippen LogP contribution in [0.15, 0.2) is 18.2 Å². The predicted octanol–water partition coefficient (Wildman–Crippen LogP) is 2.22. The summed E-state index contributed by atoms with van der Waals surface area (Å²) < 4.78 is 40.4. The molecule has 8 heteroatoms. The second-order valence-electron chi connectivity index (χ2n) is 3.43. The van der Waals surface area contributed by atoms with Crippen LogP contribution < -0.4 is 10.5 Å². The number of primary amides is 1. The number of halogens is 3. The monoisotopic (exact) mass is 276 g/mol. The van der Waals surface area contributed by atoms with E-state index in [1.165, 1.54) is 18.2 Å². The molecule has 0 saturated heterocycles. The number of carbonyl (C=O) groups is 1. The van der Waals surface area contributed by atoms with Gasteiger partial charge in [-0.2, -0.15) is 0 Å². The first-order valence-electron chi connectivity index (χ1n) is 4.77. The molecule has 1 aromatic carbocycles. The van der Waals surface area contributed by atoms with Crippen LogP contribution in [0.5, 0.6) is 5.75 Å². The van der Waals surface area contributed by atoms with E-state index in [4.69, 9.17) is 5.73 Å². The van der Waals surface area contributed by atoms with Crippen molar-refractivity contribution in [2.75, 3.05) is 0 Å². The number of hydrogen-bond donors (Lipinski definition) is 1. The predicted molar refractivity (Wildman–Crippen MR) is 59.2 cm³/mol. The molecule has 4 nitrogen and oxygen atoms in total. The fraction of sp³-hybridized carbons (Fsp3) is 0.200. The zero-order chi connectivity index (χ0) is 13.3. The molecule has 2 rings (SSSR count). The van der Waals surface area contributed by atoms with E-state index in [2.05, 4.69) is 9.72 Å². The van der Waals surface area contributed by atoms with E-state index in [0.29, 0.717) is 15.2 Å². The molecule has 2 aromatic rings. The molecular formula is C10H7F3N2O2S. The van der Waals surface area contributed by atoms with E-state index >= 15 is 0 Å². The summed E-state index contributed by atoms with van der Waals surface area (Å²) in [5.74, 6) is -0.856. The molecule has 96 valence electrons. The number of fused-ring (bicyclic) bond motifs is 1. The van der Waals surface area contributed by atoms with Gasteiger partial charge in [0.05, 0.1) is 16.6 Å². The second-order valence-corrected chi connectivity index (χ2v) is 4.54. The van der Waals surface area contributed by atoms with Gasteiger partial charge in [-0.05, 0) is 18.2 Å². The molecule has 0 fully saturated rings. The number of aromatic nitrogens is 1. The smallest absolute Gasteiger partial charge is 0.406 e. The van der Waals surface area contributed by atoms with Crippen LogP contribution in [0.4, 0.5) is 13.2 Å². The maximum Gasteiger partial charge on any atom is 0.573 e. The van der Waals surface area contributed by atoms with Gasteiger partial charge in [-0.3, -0.25) is 4.79 Å². The molecule has 0 unspecified atom stereocenters. The van der Waals surface area contributed by atoms with Gasteiger partial charge in [0.25, 0.3) is 0 Å². The number of benzene rings is 1. The van der Waals surface area contributed by atoms with Crippen LogP contribution in [0, 0.1) is 0 Å². The fourth-order valence-corrected chi connectivity index (χ4v) is 2.38. The maximum absolute atomic E-state index is 12.0. The van der Waals surface area contributed by atoms with E-state index in [1.807, 2.05) is 0 Å². The highest BCUT2D eigenvalue weighted by Gasteiger charge is 2.31. The molecule has 1 heterocycles. The summed E-state index contributed by atoms with van der Waals surface area (Å²) in [4.78, 5) is 14.8. The number of nitrogens with two attached hydrogens (primary N) is 1. The minimum absolute atomic E-state index is 0.0329. The van der Waals surface area contributed by atoms with Crippen molar-refractivity contribution in [1.82, 2.24) is 4.98 Å². The third-order valence-corrected chi connectivity index (χ3v) is 2.98. The molecule has 1 amide bonds. The van der Waals surface area contributed by atoms with Gasteiger partial charge < -0.3 is 10.5 Å². The third-order valence-electron chi connectivity index (χ3n) is 1.96. The van der Waals surface area contributed by atoms with Crippen LogP contribution in [0.1, 0.15) is 5.01 Å². The molecule has 18 heavy (non-hydrogen) atoms. The SMILES string of the molecule is NC(=O)Cc1nc2ccc(OC(F)(F)F)cc2s1. The first-order chi connectivity index (χ1) is 8.33. The molecule has 0 radical (unpaired) electrons. The van der Waals surface area contributed by atoms with Crippen LogP contribution >= 0.6 is 11.3 Å². The lowest BCUT2D eigenvalue weighted by Gasteiger charge is -2.07. The van der Waals surface area contributed by atoms with Gasteiger partial charge in [-0.25, -0.2) is 4.98 Å². The largest absolute Gasteiger partial charge is 0.573 e. The third kappa shape index (κ3) is 3.10. The average molecular weight is 276 g/mol. The van der Waals surface area contributed by atoms with Crippen molar-refractivity contribution in [3.8, 4) is 5.75 Å². The standard InChI is InChI=1S/C10H7F3N2O2S/c11-10(12,13)17-5-1-2-6-7(3-5)18-9(15-6)4-8(14)16/h1-3H,4H2,(H2,14,16). The normalized spacial score (nSPS) is 11.7. The van der Waals surface area contributed by atoms with Crippen molar-refractivity contribution in [3.05, 3.63) is 23.2 Å². The van der Waals surface area contributed by atoms with Gasteiger partial charge in [0.2, 0.25) is 5.91 Å². The highest BCUT2D eigenvalue weighted by molar-refractivity contribution is 7.18. The average Bonchev–Trinajstić information content (AvgIpc) is 2.55. The van der Waals surface area contributed by atoms with Gasteiger partial charge >= 0.3 is 6.36 Å². The summed E-state index contributed by atoms with van der Waals surface area (Å²) in [6.45, 7) is 0. The van der Waals surface area contributed by atoms with Crippen LogP contribution in [-0.2, 0) is 11.2 Å².